The molecule has 0 aliphatic carbocycles. The second-order valence-electron chi connectivity index (χ2n) is 4.87. The number of aromatic nitrogens is 3. The topological polar surface area (TPSA) is 80.1 Å². The first-order chi connectivity index (χ1) is 10.0. The fourth-order valence-electron chi connectivity index (χ4n) is 2.63. The second-order valence-corrected chi connectivity index (χ2v) is 4.87. The van der Waals surface area contributed by atoms with Gasteiger partial charge in [-0.25, -0.2) is 4.79 Å². The van der Waals surface area contributed by atoms with E-state index in [1.165, 1.54) is 6.20 Å². The van der Waals surface area contributed by atoms with Gasteiger partial charge in [-0.05, 0) is 19.1 Å². The quantitative estimate of drug-likeness (QED) is 0.775. The summed E-state index contributed by atoms with van der Waals surface area (Å²) < 4.78 is 7.27. The van der Waals surface area contributed by atoms with Crippen LogP contribution in [-0.4, -0.2) is 33.0 Å². The minimum Gasteiger partial charge on any atom is -0.497 e. The average molecular weight is 285 g/mol. The monoisotopic (exact) mass is 285 g/mol. The molecule has 6 nitrogen and oxygen atoms in total. The van der Waals surface area contributed by atoms with Crippen LogP contribution in [0.25, 0.3) is 22.2 Å². The van der Waals surface area contributed by atoms with E-state index in [0.717, 1.165) is 27.9 Å². The maximum atomic E-state index is 11.3. The number of carboxylic acid groups (broad SMARTS) is 1. The van der Waals surface area contributed by atoms with Crippen LogP contribution in [0.15, 0.2) is 24.4 Å². The lowest BCUT2D eigenvalue weighted by molar-refractivity contribution is 0.0698. The lowest BCUT2D eigenvalue weighted by Crippen LogP contribution is -1.98. The summed E-state index contributed by atoms with van der Waals surface area (Å²) in [6, 6.07) is 5.73. The molecule has 0 bridgehead atoms. The van der Waals surface area contributed by atoms with Gasteiger partial charge in [-0.1, -0.05) is 0 Å². The van der Waals surface area contributed by atoms with Crippen molar-refractivity contribution >= 4 is 16.9 Å². The predicted molar refractivity (Wildman–Crippen MR) is 78.7 cm³/mol. The molecule has 2 N–H and O–H groups in total. The number of benzene rings is 1. The maximum Gasteiger partial charge on any atom is 0.339 e. The third kappa shape index (κ3) is 1.87. The van der Waals surface area contributed by atoms with E-state index in [4.69, 9.17) is 4.74 Å². The van der Waals surface area contributed by atoms with Gasteiger partial charge in [0.25, 0.3) is 0 Å². The Morgan fingerprint density at radius 1 is 1.43 bits per heavy atom. The summed E-state index contributed by atoms with van der Waals surface area (Å²) in [5.74, 6) is -0.235. The number of hydrogen-bond donors (Lipinski definition) is 2. The van der Waals surface area contributed by atoms with Crippen LogP contribution in [0.2, 0.25) is 0 Å². The zero-order valence-electron chi connectivity index (χ0n) is 12.0. The minimum absolute atomic E-state index is 0.168. The van der Waals surface area contributed by atoms with Crippen LogP contribution in [0, 0.1) is 6.92 Å². The van der Waals surface area contributed by atoms with Gasteiger partial charge in [0.1, 0.15) is 11.3 Å². The fraction of sp³-hybridized carbons (Fsp3) is 0.200. The molecule has 3 rings (SSSR count). The number of nitrogens with zero attached hydrogens (tertiary/aromatic N) is 2. The molecule has 21 heavy (non-hydrogen) atoms. The van der Waals surface area contributed by atoms with E-state index in [-0.39, 0.29) is 5.56 Å². The van der Waals surface area contributed by atoms with Gasteiger partial charge in [0, 0.05) is 29.8 Å². The summed E-state index contributed by atoms with van der Waals surface area (Å²) in [4.78, 5) is 11.3. The lowest BCUT2D eigenvalue weighted by atomic mass is 10.0. The van der Waals surface area contributed by atoms with Gasteiger partial charge in [-0.2, -0.15) is 5.10 Å². The van der Waals surface area contributed by atoms with Crippen molar-refractivity contribution in [1.82, 2.24) is 14.8 Å². The van der Waals surface area contributed by atoms with E-state index in [1.807, 2.05) is 36.7 Å². The molecule has 0 saturated heterocycles. The standard InChI is InChI=1S/C15H15N3O3/c1-8-13(14-11(15(19)20)7-16-17-14)10-5-4-9(21-3)6-12(10)18(8)2/h4-7H,1-3H3,(H,16,17)(H,19,20). The summed E-state index contributed by atoms with van der Waals surface area (Å²) >= 11 is 0. The highest BCUT2D eigenvalue weighted by molar-refractivity contribution is 6.03. The van der Waals surface area contributed by atoms with Gasteiger partial charge in [0.15, 0.2) is 0 Å². The summed E-state index contributed by atoms with van der Waals surface area (Å²) in [6.07, 6.45) is 1.33. The van der Waals surface area contributed by atoms with Crippen LogP contribution < -0.4 is 4.74 Å². The minimum atomic E-state index is -0.997. The van der Waals surface area contributed by atoms with Gasteiger partial charge >= 0.3 is 5.97 Å². The first-order valence-electron chi connectivity index (χ1n) is 6.44. The van der Waals surface area contributed by atoms with Crippen molar-refractivity contribution in [3.8, 4) is 17.0 Å². The van der Waals surface area contributed by atoms with Gasteiger partial charge in [-0.3, -0.25) is 5.10 Å². The van der Waals surface area contributed by atoms with Gasteiger partial charge < -0.3 is 14.4 Å². The van der Waals surface area contributed by atoms with Gasteiger partial charge in [0.2, 0.25) is 0 Å². The number of carboxylic acids is 1. The zero-order valence-corrected chi connectivity index (χ0v) is 12.0. The van der Waals surface area contributed by atoms with Gasteiger partial charge in [0.05, 0.1) is 24.5 Å². The number of hydrogen-bond acceptors (Lipinski definition) is 3. The van der Waals surface area contributed by atoms with Crippen molar-refractivity contribution in [2.24, 2.45) is 7.05 Å². The molecule has 6 heteroatoms. The number of aromatic amines is 1. The van der Waals surface area contributed by atoms with Crippen molar-refractivity contribution in [2.75, 3.05) is 7.11 Å². The Labute approximate surface area is 121 Å². The molecule has 0 unspecified atom stereocenters. The van der Waals surface area contributed by atoms with Crippen molar-refractivity contribution in [3.05, 3.63) is 35.7 Å². The number of carbonyl (C=O) groups is 1. The van der Waals surface area contributed by atoms with E-state index in [0.29, 0.717) is 5.69 Å². The molecule has 2 heterocycles. The van der Waals surface area contributed by atoms with E-state index in [1.54, 1.807) is 7.11 Å². The average Bonchev–Trinajstić information content (AvgIpc) is 3.04. The van der Waals surface area contributed by atoms with E-state index in [2.05, 4.69) is 10.2 Å². The highest BCUT2D eigenvalue weighted by Gasteiger charge is 2.21. The molecule has 0 aliphatic rings. The molecule has 0 aliphatic heterocycles. The molecule has 108 valence electrons. The number of rotatable bonds is 3. The zero-order chi connectivity index (χ0) is 15.1. The van der Waals surface area contributed by atoms with E-state index in [9.17, 15) is 9.90 Å². The molecular formula is C15H15N3O3. The summed E-state index contributed by atoms with van der Waals surface area (Å²) in [7, 11) is 3.56. The molecule has 0 atom stereocenters. The van der Waals surface area contributed by atoms with Crippen molar-refractivity contribution < 1.29 is 14.6 Å². The Morgan fingerprint density at radius 2 is 2.19 bits per heavy atom. The molecular weight excluding hydrogens is 270 g/mol. The van der Waals surface area contributed by atoms with Crippen LogP contribution in [0.5, 0.6) is 5.75 Å². The predicted octanol–water partition coefficient (Wildman–Crippen LogP) is 2.58. The number of nitrogens with one attached hydrogen (secondary N) is 1. The number of H-pyrrole nitrogens is 1. The SMILES string of the molecule is COc1ccc2c(-c3[nH]ncc3C(=O)O)c(C)n(C)c2c1. The molecule has 2 aromatic heterocycles. The third-order valence-electron chi connectivity index (χ3n) is 3.82. The van der Waals surface area contributed by atoms with Crippen LogP contribution in [0.4, 0.5) is 0 Å². The van der Waals surface area contributed by atoms with Crippen LogP contribution in [0.3, 0.4) is 0 Å². The molecule has 1 aromatic carbocycles. The maximum absolute atomic E-state index is 11.3. The van der Waals surface area contributed by atoms with Crippen LogP contribution >= 0.6 is 0 Å². The number of ether oxygens (including phenoxy) is 1. The number of methoxy groups -OCH3 is 1. The molecule has 0 saturated carbocycles. The highest BCUT2D eigenvalue weighted by atomic mass is 16.5. The highest BCUT2D eigenvalue weighted by Crippen LogP contribution is 2.36. The van der Waals surface area contributed by atoms with E-state index < -0.39 is 5.97 Å². The second kappa shape index (κ2) is 4.66. The number of aryl methyl sites for hydroxylation is 1. The molecule has 3 aromatic rings. The summed E-state index contributed by atoms with van der Waals surface area (Å²) in [6.45, 7) is 1.95. The molecule has 0 radical (unpaired) electrons. The van der Waals surface area contributed by atoms with Crippen LogP contribution in [-0.2, 0) is 7.05 Å². The lowest BCUT2D eigenvalue weighted by Gasteiger charge is -2.01. The van der Waals surface area contributed by atoms with Crippen LogP contribution in [0.1, 0.15) is 16.1 Å². The number of aromatic carboxylic acids is 1. The normalized spacial score (nSPS) is 11.0. The molecule has 0 amide bonds. The molecule has 0 fully saturated rings. The first kappa shape index (κ1) is 13.2. The summed E-state index contributed by atoms with van der Waals surface area (Å²) in [5.41, 5.74) is 3.49. The van der Waals surface area contributed by atoms with Crippen molar-refractivity contribution in [3.63, 3.8) is 0 Å². The Bertz CT molecular complexity index is 845. The third-order valence-corrected chi connectivity index (χ3v) is 3.82. The smallest absolute Gasteiger partial charge is 0.339 e. The van der Waals surface area contributed by atoms with Crippen molar-refractivity contribution in [1.29, 1.82) is 0 Å². The largest absolute Gasteiger partial charge is 0.497 e. The van der Waals surface area contributed by atoms with E-state index >= 15 is 0 Å². The number of fused-ring (bicyclic) bond motifs is 1. The Kier molecular flexibility index (Phi) is 2.94. The van der Waals surface area contributed by atoms with Gasteiger partial charge in [-0.15, -0.1) is 0 Å². The fourth-order valence-corrected chi connectivity index (χ4v) is 2.63. The van der Waals surface area contributed by atoms with Crippen molar-refractivity contribution in [2.45, 2.75) is 6.92 Å². The Hall–Kier alpha value is -2.76. The summed E-state index contributed by atoms with van der Waals surface area (Å²) in [5, 5.41) is 16.9. The first-order valence-corrected chi connectivity index (χ1v) is 6.44. The Morgan fingerprint density at radius 3 is 2.86 bits per heavy atom. The Balaban J connectivity index is 2.35. The molecule has 0 spiro atoms.